The molecule has 43 heavy (non-hydrogen) atoms. The Bertz CT molecular complexity index is 1100. The Morgan fingerprint density at radius 3 is 2.63 bits per heavy atom. The van der Waals surface area contributed by atoms with Gasteiger partial charge in [0, 0.05) is 49.6 Å². The number of piperazine rings is 1. The molecule has 4 aliphatic heterocycles. The molecular weight excluding hydrogens is 542 g/mol. The normalized spacial score (nSPS) is 42.8. The van der Waals surface area contributed by atoms with Crippen LogP contribution in [0.2, 0.25) is 0 Å². The molecule has 2 aliphatic carbocycles. The van der Waals surface area contributed by atoms with Crippen LogP contribution in [0.1, 0.15) is 64.7 Å². The molecule has 2 saturated carbocycles. The molecule has 6 fully saturated rings. The van der Waals surface area contributed by atoms with Crippen molar-refractivity contribution in [1.29, 1.82) is 5.26 Å². The summed E-state index contributed by atoms with van der Waals surface area (Å²) in [6.45, 7) is 10.4. The van der Waals surface area contributed by atoms with Gasteiger partial charge in [0.25, 0.3) is 0 Å². The number of nitrogens with one attached hydrogen (secondary N) is 2. The number of nitrogens with zero attached hydrogens (tertiary/aromatic N) is 5. The van der Waals surface area contributed by atoms with Gasteiger partial charge in [0.05, 0.1) is 37.3 Å². The number of Topliss-reactive ketones (excluding diaryl/α,β-unsaturated/α-hetero) is 1. The highest BCUT2D eigenvalue weighted by atomic mass is 16.5. The van der Waals surface area contributed by atoms with E-state index in [0.717, 1.165) is 32.4 Å². The van der Waals surface area contributed by atoms with Crippen LogP contribution in [0.3, 0.4) is 0 Å². The van der Waals surface area contributed by atoms with E-state index in [1.165, 1.54) is 38.2 Å². The van der Waals surface area contributed by atoms with Crippen LogP contribution in [0, 0.1) is 34.5 Å². The Labute approximate surface area is 258 Å². The molecule has 0 bridgehead atoms. The van der Waals surface area contributed by atoms with Gasteiger partial charge in [-0.25, -0.2) is 0 Å². The number of carbonyl (C=O) groups is 2. The second kappa shape index (κ2) is 12.9. The third-order valence-corrected chi connectivity index (χ3v) is 12.4. The highest BCUT2D eigenvalue weighted by Crippen LogP contribution is 2.53. The number of ketones is 1. The summed E-state index contributed by atoms with van der Waals surface area (Å²) >= 11 is 0. The minimum atomic E-state index is -0.430. The molecule has 10 atom stereocenters. The van der Waals surface area contributed by atoms with Crippen LogP contribution in [-0.2, 0) is 14.3 Å². The Kier molecular flexibility index (Phi) is 9.31. The second-order valence-electron chi connectivity index (χ2n) is 14.4. The van der Waals surface area contributed by atoms with Crippen LogP contribution >= 0.6 is 0 Å². The Morgan fingerprint density at radius 1 is 1.07 bits per heavy atom. The van der Waals surface area contributed by atoms with Crippen molar-refractivity contribution in [3.63, 3.8) is 0 Å². The lowest BCUT2D eigenvalue weighted by atomic mass is 9.53. The highest BCUT2D eigenvalue weighted by molar-refractivity contribution is 5.92. The van der Waals surface area contributed by atoms with E-state index in [1.807, 2.05) is 0 Å². The van der Waals surface area contributed by atoms with Crippen LogP contribution < -0.4 is 10.6 Å². The number of hydrogen-bond acceptors (Lipinski definition) is 9. The lowest BCUT2D eigenvalue weighted by Gasteiger charge is -2.60. The number of nitriles is 1. The maximum Gasteiger partial charge on any atom is 0.246 e. The Hall–Kier alpha value is -1.87. The average Bonchev–Trinajstić information content (AvgIpc) is 3.44. The topological polar surface area (TPSA) is 104 Å². The first-order chi connectivity index (χ1) is 20.8. The van der Waals surface area contributed by atoms with Crippen LogP contribution in [-0.4, -0.2) is 121 Å². The van der Waals surface area contributed by atoms with E-state index in [4.69, 9.17) is 4.74 Å². The summed E-state index contributed by atoms with van der Waals surface area (Å²) in [7, 11) is 4.41. The van der Waals surface area contributed by atoms with Crippen LogP contribution in [0.4, 0.5) is 0 Å². The molecule has 0 aromatic carbocycles. The van der Waals surface area contributed by atoms with Crippen molar-refractivity contribution < 1.29 is 14.3 Å². The quantitative estimate of drug-likeness (QED) is 0.446. The minimum Gasteiger partial charge on any atom is -0.348 e. The predicted molar refractivity (Wildman–Crippen MR) is 164 cm³/mol. The van der Waals surface area contributed by atoms with Gasteiger partial charge in [-0.2, -0.15) is 5.26 Å². The summed E-state index contributed by atoms with van der Waals surface area (Å²) < 4.78 is 6.53. The predicted octanol–water partition coefficient (Wildman–Crippen LogP) is 1.99. The molecule has 10 nitrogen and oxygen atoms in total. The lowest BCUT2D eigenvalue weighted by molar-refractivity contribution is -0.167. The molecule has 0 aromatic heterocycles. The number of ether oxygens (including phenoxy) is 1. The summed E-state index contributed by atoms with van der Waals surface area (Å²) in [5.41, 5.74) is -0.335. The zero-order valence-electron chi connectivity index (χ0n) is 26.5. The van der Waals surface area contributed by atoms with Crippen LogP contribution in [0.15, 0.2) is 12.7 Å². The van der Waals surface area contributed by atoms with Crippen molar-refractivity contribution >= 4 is 11.7 Å². The summed E-state index contributed by atoms with van der Waals surface area (Å²) in [6, 6.07) is 2.79. The first-order valence-corrected chi connectivity index (χ1v) is 16.9. The molecule has 0 radical (unpaired) electrons. The number of rotatable bonds is 6. The summed E-state index contributed by atoms with van der Waals surface area (Å²) in [5.74, 6) is 1.30. The molecule has 4 heterocycles. The van der Waals surface area contributed by atoms with E-state index in [9.17, 15) is 14.9 Å². The minimum absolute atomic E-state index is 0.0694. The van der Waals surface area contributed by atoms with Crippen molar-refractivity contribution in [2.24, 2.45) is 23.2 Å². The van der Waals surface area contributed by atoms with Crippen molar-refractivity contribution in [1.82, 2.24) is 30.2 Å². The van der Waals surface area contributed by atoms with Gasteiger partial charge >= 0.3 is 0 Å². The largest absolute Gasteiger partial charge is 0.348 e. The number of hydrogen-bond donors (Lipinski definition) is 2. The number of likely N-dealkylation sites (tertiary alicyclic amines) is 2. The third-order valence-electron chi connectivity index (χ3n) is 12.4. The number of fused-ring (bicyclic) bond motifs is 2. The average molecular weight is 596 g/mol. The van der Waals surface area contributed by atoms with Crippen molar-refractivity contribution in [3.8, 4) is 6.07 Å². The first kappa shape index (κ1) is 31.1. The highest BCUT2D eigenvalue weighted by Gasteiger charge is 2.60. The zero-order chi connectivity index (χ0) is 30.3. The second-order valence-corrected chi connectivity index (χ2v) is 14.4. The molecule has 6 aliphatic rings. The summed E-state index contributed by atoms with van der Waals surface area (Å²) in [4.78, 5) is 36.6. The first-order valence-electron chi connectivity index (χ1n) is 16.9. The van der Waals surface area contributed by atoms with Gasteiger partial charge in [0.15, 0.2) is 12.1 Å². The maximum absolute atomic E-state index is 14.9. The van der Waals surface area contributed by atoms with E-state index in [1.54, 1.807) is 4.90 Å². The molecule has 10 heteroatoms. The molecule has 6 rings (SSSR count). The maximum atomic E-state index is 14.9. The van der Waals surface area contributed by atoms with Gasteiger partial charge < -0.3 is 19.4 Å². The van der Waals surface area contributed by atoms with E-state index in [0.29, 0.717) is 55.9 Å². The fourth-order valence-electron chi connectivity index (χ4n) is 9.93. The molecule has 0 aromatic rings. The molecule has 238 valence electrons. The molecule has 1 amide bonds. The van der Waals surface area contributed by atoms with E-state index >= 15 is 0 Å². The SMILES string of the molecule is C=CC(=O)N1CCN(C2NC(OCC3CCCN3C)NC3C(=O)[C@]4(CCC32)CN(C)C2CCCCC2C4C)CC1CC#N. The Morgan fingerprint density at radius 2 is 1.88 bits per heavy atom. The van der Waals surface area contributed by atoms with Gasteiger partial charge in [-0.3, -0.25) is 25.1 Å². The molecule has 4 saturated heterocycles. The molecule has 1 spiro atoms. The number of piperidine rings is 1. The van der Waals surface area contributed by atoms with Crippen molar-refractivity contribution in [2.45, 2.75) is 101 Å². The lowest BCUT2D eigenvalue weighted by Crippen LogP contribution is -2.76. The summed E-state index contributed by atoms with van der Waals surface area (Å²) in [6.07, 6.45) is 10.4. The summed E-state index contributed by atoms with van der Waals surface area (Å²) in [5, 5.41) is 17.0. The van der Waals surface area contributed by atoms with Crippen LogP contribution in [0.25, 0.3) is 0 Å². The zero-order valence-corrected chi connectivity index (χ0v) is 26.5. The van der Waals surface area contributed by atoms with Gasteiger partial charge in [-0.15, -0.1) is 0 Å². The smallest absolute Gasteiger partial charge is 0.246 e. The van der Waals surface area contributed by atoms with Gasteiger partial charge in [0.1, 0.15) is 0 Å². The van der Waals surface area contributed by atoms with Crippen LogP contribution in [0.5, 0.6) is 0 Å². The van der Waals surface area contributed by atoms with Crippen molar-refractivity contribution in [2.75, 3.05) is 53.4 Å². The fourth-order valence-corrected chi connectivity index (χ4v) is 9.93. The van der Waals surface area contributed by atoms with Gasteiger partial charge in [-0.05, 0) is 77.1 Å². The molecule has 2 N–H and O–H groups in total. The van der Waals surface area contributed by atoms with E-state index in [2.05, 4.69) is 59.0 Å². The Balaban J connectivity index is 1.25. The van der Waals surface area contributed by atoms with E-state index in [-0.39, 0.29) is 41.9 Å². The molecule has 9 unspecified atom stereocenters. The number of amides is 1. The third kappa shape index (κ3) is 5.70. The molecular formula is C33H53N7O3. The number of likely N-dealkylation sites (N-methyl/N-ethyl adjacent to an activating group) is 1. The standard InChI is InChI=1S/C33H53N7O3/c1-5-28(41)40-18-17-39(19-23(40)13-15-34)31-26-12-14-33(21-38(4)27-11-7-6-10-25(27)22(33)2)30(42)29(26)35-32(36-31)43-20-24-9-8-16-37(24)3/h5,22-27,29,31-32,35-36H,1,6-14,16-21H2,2-4H3/t22?,23?,24?,25?,26?,27?,29?,31?,32?,33-/m1/s1. The van der Waals surface area contributed by atoms with Crippen molar-refractivity contribution in [3.05, 3.63) is 12.7 Å². The monoisotopic (exact) mass is 595 g/mol. The van der Waals surface area contributed by atoms with E-state index < -0.39 is 6.35 Å². The number of carbonyl (C=O) groups excluding carboxylic acids is 2. The van der Waals surface area contributed by atoms with Gasteiger partial charge in [0.2, 0.25) is 5.91 Å². The van der Waals surface area contributed by atoms with Gasteiger partial charge in [-0.1, -0.05) is 26.3 Å². The fraction of sp³-hybridized carbons (Fsp3) is 0.848.